The number of hydrogen-bond acceptors (Lipinski definition) is 4. The molecule has 36 heavy (non-hydrogen) atoms. The van der Waals surface area contributed by atoms with Crippen LogP contribution in [0.25, 0.3) is 0 Å². The number of nitrogens with zero attached hydrogens (tertiary/aromatic N) is 1. The van der Waals surface area contributed by atoms with Crippen LogP contribution in [0.2, 0.25) is 5.02 Å². The van der Waals surface area contributed by atoms with E-state index in [-0.39, 0.29) is 23.4 Å². The molecule has 0 radical (unpaired) electrons. The van der Waals surface area contributed by atoms with Gasteiger partial charge in [0.2, 0.25) is 0 Å². The van der Waals surface area contributed by atoms with Gasteiger partial charge in [0.25, 0.3) is 15.9 Å². The van der Waals surface area contributed by atoms with Crippen molar-refractivity contribution in [3.63, 3.8) is 0 Å². The molecule has 0 saturated heterocycles. The molecule has 0 fully saturated rings. The first-order valence-electron chi connectivity index (χ1n) is 12.2. The number of nitrogens with one attached hydrogen (secondary N) is 1. The van der Waals surface area contributed by atoms with Crippen molar-refractivity contribution < 1.29 is 17.9 Å². The minimum Gasteiger partial charge on any atom is -0.476 e. The molecule has 1 N–H and O–H groups in total. The predicted molar refractivity (Wildman–Crippen MR) is 141 cm³/mol. The van der Waals surface area contributed by atoms with Crippen LogP contribution < -0.4 is 14.4 Å². The quantitative estimate of drug-likeness (QED) is 0.487. The van der Waals surface area contributed by atoms with Crippen molar-refractivity contribution in [2.45, 2.75) is 56.6 Å². The first-order valence-corrected chi connectivity index (χ1v) is 14.0. The van der Waals surface area contributed by atoms with E-state index >= 15 is 0 Å². The summed E-state index contributed by atoms with van der Waals surface area (Å²) in [6.45, 7) is 3.66. The van der Waals surface area contributed by atoms with E-state index in [1.54, 1.807) is 42.5 Å². The summed E-state index contributed by atoms with van der Waals surface area (Å²) in [5, 5.41) is 3.40. The average molecular weight is 525 g/mol. The number of anilines is 1. The van der Waals surface area contributed by atoms with Crippen LogP contribution in [0.5, 0.6) is 5.75 Å². The average Bonchev–Trinajstić information content (AvgIpc) is 2.87. The molecule has 2 unspecified atom stereocenters. The van der Waals surface area contributed by atoms with E-state index in [9.17, 15) is 13.2 Å². The van der Waals surface area contributed by atoms with Gasteiger partial charge in [-0.3, -0.25) is 9.10 Å². The summed E-state index contributed by atoms with van der Waals surface area (Å²) in [6.07, 6.45) is 3.54. The molecule has 188 valence electrons. The molecule has 3 aromatic carbocycles. The molecule has 3 aromatic rings. The van der Waals surface area contributed by atoms with Gasteiger partial charge in [-0.15, -0.1) is 0 Å². The fourth-order valence-corrected chi connectivity index (χ4v) is 6.47. The maximum absolute atomic E-state index is 13.6. The lowest BCUT2D eigenvalue weighted by molar-refractivity contribution is -0.128. The Kier molecular flexibility index (Phi) is 6.70. The van der Waals surface area contributed by atoms with Gasteiger partial charge in [-0.1, -0.05) is 47.5 Å². The molecule has 5 rings (SSSR count). The van der Waals surface area contributed by atoms with Gasteiger partial charge in [0.05, 0.1) is 23.2 Å². The number of ether oxygens (including phenoxy) is 1. The van der Waals surface area contributed by atoms with Crippen molar-refractivity contribution >= 4 is 33.2 Å². The van der Waals surface area contributed by atoms with Crippen LogP contribution in [-0.4, -0.2) is 27.0 Å². The number of benzene rings is 3. The van der Waals surface area contributed by atoms with Crippen LogP contribution in [0, 0.1) is 6.92 Å². The Labute approximate surface area is 217 Å². The van der Waals surface area contributed by atoms with Gasteiger partial charge in [-0.05, 0) is 86.6 Å². The Morgan fingerprint density at radius 1 is 1.03 bits per heavy atom. The zero-order chi connectivity index (χ0) is 25.4. The first-order chi connectivity index (χ1) is 17.2. The predicted octanol–water partition coefficient (Wildman–Crippen LogP) is 5.36. The minimum atomic E-state index is -3.95. The topological polar surface area (TPSA) is 75.7 Å². The second kappa shape index (κ2) is 9.79. The summed E-state index contributed by atoms with van der Waals surface area (Å²) in [5.74, 6) is -0.0761. The van der Waals surface area contributed by atoms with Gasteiger partial charge in [0.1, 0.15) is 5.75 Å². The largest absolute Gasteiger partial charge is 0.476 e. The molecule has 0 aromatic heterocycles. The lowest BCUT2D eigenvalue weighted by Crippen LogP contribution is -2.51. The normalized spacial score (nSPS) is 18.0. The molecule has 0 spiro atoms. The fraction of sp³-hybridized carbons (Fsp3) is 0.321. The van der Waals surface area contributed by atoms with Crippen LogP contribution in [0.15, 0.2) is 65.6 Å². The Hall–Kier alpha value is -3.03. The molecule has 1 aliphatic heterocycles. The number of halogens is 1. The monoisotopic (exact) mass is 524 g/mol. The molecule has 1 amide bonds. The molecular formula is C28H29ClN2O4S. The number of hydrogen-bond donors (Lipinski definition) is 1. The summed E-state index contributed by atoms with van der Waals surface area (Å²) in [5.41, 5.74) is 5.01. The Balaban J connectivity index is 1.41. The highest BCUT2D eigenvalue weighted by molar-refractivity contribution is 7.92. The van der Waals surface area contributed by atoms with Crippen molar-refractivity contribution in [2.75, 3.05) is 10.8 Å². The molecule has 8 heteroatoms. The molecular weight excluding hydrogens is 496 g/mol. The summed E-state index contributed by atoms with van der Waals surface area (Å²) in [7, 11) is -3.95. The number of carbonyl (C=O) groups excluding carboxylic acids is 1. The highest BCUT2D eigenvalue weighted by atomic mass is 35.5. The van der Waals surface area contributed by atoms with Gasteiger partial charge in [-0.25, -0.2) is 8.42 Å². The molecule has 1 heterocycles. The van der Waals surface area contributed by atoms with Crippen molar-refractivity contribution in [1.29, 1.82) is 0 Å². The minimum absolute atomic E-state index is 0.141. The van der Waals surface area contributed by atoms with Gasteiger partial charge in [0.15, 0.2) is 6.10 Å². The smallest absolute Gasteiger partial charge is 0.264 e. The van der Waals surface area contributed by atoms with Crippen molar-refractivity contribution in [3.05, 3.63) is 87.9 Å². The molecule has 6 nitrogen and oxygen atoms in total. The van der Waals surface area contributed by atoms with Crippen LogP contribution in [0.3, 0.4) is 0 Å². The summed E-state index contributed by atoms with van der Waals surface area (Å²) >= 11 is 6.19. The second-order valence-electron chi connectivity index (χ2n) is 9.53. The van der Waals surface area contributed by atoms with Crippen LogP contribution >= 0.6 is 11.6 Å². The molecule has 0 saturated carbocycles. The van der Waals surface area contributed by atoms with Crippen molar-refractivity contribution in [2.24, 2.45) is 0 Å². The maximum atomic E-state index is 13.6. The van der Waals surface area contributed by atoms with Gasteiger partial charge in [-0.2, -0.15) is 0 Å². The van der Waals surface area contributed by atoms with E-state index in [0.717, 1.165) is 24.0 Å². The van der Waals surface area contributed by atoms with E-state index in [2.05, 4.69) is 23.5 Å². The summed E-state index contributed by atoms with van der Waals surface area (Å²) in [4.78, 5) is 13.5. The first kappa shape index (κ1) is 24.7. The number of rotatable bonds is 5. The van der Waals surface area contributed by atoms with E-state index in [1.807, 2.05) is 13.8 Å². The fourth-order valence-electron chi connectivity index (χ4n) is 4.84. The maximum Gasteiger partial charge on any atom is 0.264 e. The highest BCUT2D eigenvalue weighted by Gasteiger charge is 2.38. The van der Waals surface area contributed by atoms with Crippen LogP contribution in [0.4, 0.5) is 5.69 Å². The van der Waals surface area contributed by atoms with E-state index in [0.29, 0.717) is 16.5 Å². The SMILES string of the molecule is Cc1ccc(S(=O)(=O)N2CC(C(=O)NC(C)c3ccc4c(c3)CCCC4)Oc3ccc(Cl)cc32)cc1. The van der Waals surface area contributed by atoms with Crippen LogP contribution in [0.1, 0.15) is 48.1 Å². The van der Waals surface area contributed by atoms with Crippen molar-refractivity contribution in [3.8, 4) is 5.75 Å². The number of carbonyl (C=O) groups is 1. The van der Waals surface area contributed by atoms with Gasteiger partial charge < -0.3 is 10.1 Å². The lowest BCUT2D eigenvalue weighted by atomic mass is 9.89. The summed E-state index contributed by atoms with van der Waals surface area (Å²) in [6, 6.07) is 17.5. The number of sulfonamides is 1. The van der Waals surface area contributed by atoms with E-state index in [1.165, 1.54) is 28.3 Å². The van der Waals surface area contributed by atoms with Gasteiger partial charge in [0, 0.05) is 5.02 Å². The number of amides is 1. The summed E-state index contributed by atoms with van der Waals surface area (Å²) < 4.78 is 34.4. The third kappa shape index (κ3) is 4.82. The Bertz CT molecular complexity index is 1410. The number of aryl methyl sites for hydroxylation is 3. The molecule has 0 bridgehead atoms. The van der Waals surface area contributed by atoms with Crippen molar-refractivity contribution in [1.82, 2.24) is 5.32 Å². The number of fused-ring (bicyclic) bond motifs is 2. The Morgan fingerprint density at radius 2 is 1.75 bits per heavy atom. The third-order valence-electron chi connectivity index (χ3n) is 6.92. The lowest BCUT2D eigenvalue weighted by Gasteiger charge is -2.35. The standard InChI is InChI=1S/C28H29ClN2O4S/c1-18-7-12-24(13-8-18)36(33,34)31-17-27(35-26-14-11-23(29)16-25(26)31)28(32)30-19(2)21-10-9-20-5-3-4-6-22(20)15-21/h7-16,19,27H,3-6,17H2,1-2H3,(H,30,32). The van der Waals surface area contributed by atoms with Crippen LogP contribution in [-0.2, 0) is 27.7 Å². The highest BCUT2D eigenvalue weighted by Crippen LogP contribution is 2.39. The van der Waals surface area contributed by atoms with Gasteiger partial charge >= 0.3 is 0 Å². The molecule has 2 aliphatic rings. The molecule has 2 atom stereocenters. The molecule has 1 aliphatic carbocycles. The second-order valence-corrected chi connectivity index (χ2v) is 11.8. The van der Waals surface area contributed by atoms with E-state index in [4.69, 9.17) is 16.3 Å². The Morgan fingerprint density at radius 3 is 2.50 bits per heavy atom. The zero-order valence-corrected chi connectivity index (χ0v) is 21.9. The third-order valence-corrected chi connectivity index (χ3v) is 8.95. The zero-order valence-electron chi connectivity index (χ0n) is 20.3. The van der Waals surface area contributed by atoms with E-state index < -0.39 is 16.1 Å².